The fourth-order valence-corrected chi connectivity index (χ4v) is 1.98. The summed E-state index contributed by atoms with van der Waals surface area (Å²) in [6, 6.07) is 4.66. The van der Waals surface area contributed by atoms with Crippen molar-refractivity contribution in [3.8, 4) is 5.75 Å². The molecule has 0 bridgehead atoms. The van der Waals surface area contributed by atoms with Crippen molar-refractivity contribution in [1.29, 1.82) is 0 Å². The molecule has 0 heterocycles. The second kappa shape index (κ2) is 4.18. The highest BCUT2D eigenvalue weighted by Crippen LogP contribution is 2.29. The molecule has 1 aromatic carbocycles. The van der Waals surface area contributed by atoms with E-state index in [0.29, 0.717) is 29.0 Å². The van der Waals surface area contributed by atoms with Crippen LogP contribution in [0.2, 0.25) is 5.02 Å². The predicted molar refractivity (Wildman–Crippen MR) is 60.7 cm³/mol. The Kier molecular flexibility index (Phi) is 2.88. The third-order valence-electron chi connectivity index (χ3n) is 2.68. The highest BCUT2D eigenvalue weighted by molar-refractivity contribution is 6.30. The van der Waals surface area contributed by atoms with Crippen molar-refractivity contribution in [2.45, 2.75) is 19.3 Å². The number of rotatable bonds is 2. The Hall–Kier alpha value is -1.48. The molecule has 2 rings (SSSR count). The first kappa shape index (κ1) is 11.0. The van der Waals surface area contributed by atoms with Crippen molar-refractivity contribution in [3.05, 3.63) is 40.1 Å². The lowest BCUT2D eigenvalue weighted by Gasteiger charge is -2.05. The third-order valence-corrected chi connectivity index (χ3v) is 2.92. The minimum absolute atomic E-state index is 0.0584. The van der Waals surface area contributed by atoms with Crippen molar-refractivity contribution >= 4 is 17.4 Å². The Morgan fingerprint density at radius 3 is 2.62 bits per heavy atom. The predicted octanol–water partition coefficient (Wildman–Crippen LogP) is 2.76. The van der Waals surface area contributed by atoms with E-state index in [1.165, 1.54) is 6.07 Å². The first-order chi connectivity index (χ1) is 7.58. The summed E-state index contributed by atoms with van der Waals surface area (Å²) in [6.45, 7) is 0. The Labute approximate surface area is 98.0 Å². The lowest BCUT2D eigenvalue weighted by Crippen LogP contribution is -2.01. The molecular weight excluding hydrogens is 228 g/mol. The van der Waals surface area contributed by atoms with Gasteiger partial charge in [-0.05, 0) is 23.8 Å². The molecule has 2 N–H and O–H groups in total. The van der Waals surface area contributed by atoms with Gasteiger partial charge in [-0.15, -0.1) is 0 Å². The zero-order chi connectivity index (χ0) is 11.7. The summed E-state index contributed by atoms with van der Waals surface area (Å²) in [4.78, 5) is 11.5. The van der Waals surface area contributed by atoms with Crippen LogP contribution in [0.5, 0.6) is 5.75 Å². The van der Waals surface area contributed by atoms with Crippen LogP contribution in [0.4, 0.5) is 0 Å². The highest BCUT2D eigenvalue weighted by Gasteiger charge is 2.23. The summed E-state index contributed by atoms with van der Waals surface area (Å²) in [7, 11) is 0. The second-order valence-corrected chi connectivity index (χ2v) is 4.23. The Balaban J connectivity index is 2.30. The molecule has 1 aromatic rings. The number of phenols is 1. The van der Waals surface area contributed by atoms with Crippen LogP contribution >= 0.6 is 11.6 Å². The molecule has 4 heteroatoms. The fourth-order valence-electron chi connectivity index (χ4n) is 1.78. The molecule has 3 nitrogen and oxygen atoms in total. The second-order valence-electron chi connectivity index (χ2n) is 3.80. The number of halogens is 1. The number of aliphatic hydroxyl groups excluding tert-OH is 1. The molecule has 1 aliphatic rings. The zero-order valence-electron chi connectivity index (χ0n) is 8.53. The molecule has 0 amide bonds. The van der Waals surface area contributed by atoms with Gasteiger partial charge in [-0.3, -0.25) is 4.79 Å². The quantitative estimate of drug-likeness (QED) is 0.833. The molecule has 0 aromatic heterocycles. The first-order valence-corrected chi connectivity index (χ1v) is 5.37. The van der Waals surface area contributed by atoms with Gasteiger partial charge in [-0.2, -0.15) is 0 Å². The molecule has 0 aliphatic heterocycles. The van der Waals surface area contributed by atoms with Crippen molar-refractivity contribution in [2.75, 3.05) is 0 Å². The van der Waals surface area contributed by atoms with Crippen molar-refractivity contribution < 1.29 is 15.0 Å². The number of ketones is 1. The van der Waals surface area contributed by atoms with Gasteiger partial charge in [-0.1, -0.05) is 11.6 Å². The monoisotopic (exact) mass is 238 g/mol. The lowest BCUT2D eigenvalue weighted by atomic mass is 10.0. The van der Waals surface area contributed by atoms with E-state index < -0.39 is 0 Å². The van der Waals surface area contributed by atoms with Crippen LogP contribution in [0.3, 0.4) is 0 Å². The topological polar surface area (TPSA) is 57.5 Å². The van der Waals surface area contributed by atoms with Crippen LogP contribution in [0.15, 0.2) is 29.5 Å². The van der Waals surface area contributed by atoms with Crippen LogP contribution in [0.25, 0.3) is 0 Å². The van der Waals surface area contributed by atoms with Gasteiger partial charge in [0, 0.05) is 29.9 Å². The number of phenolic OH excluding ortho intramolecular Hbond substituents is 1. The lowest BCUT2D eigenvalue weighted by molar-refractivity contribution is -0.115. The average Bonchev–Trinajstić information content (AvgIpc) is 2.55. The molecular formula is C12H11ClO3. The van der Waals surface area contributed by atoms with Gasteiger partial charge in [0.05, 0.1) is 5.76 Å². The minimum Gasteiger partial charge on any atom is -0.512 e. The van der Waals surface area contributed by atoms with E-state index in [1.807, 2.05) is 0 Å². The van der Waals surface area contributed by atoms with E-state index in [-0.39, 0.29) is 23.7 Å². The largest absolute Gasteiger partial charge is 0.512 e. The van der Waals surface area contributed by atoms with E-state index in [1.54, 1.807) is 12.1 Å². The molecule has 0 spiro atoms. The van der Waals surface area contributed by atoms with E-state index >= 15 is 0 Å². The van der Waals surface area contributed by atoms with Crippen LogP contribution in [0.1, 0.15) is 18.4 Å². The van der Waals surface area contributed by atoms with Crippen molar-refractivity contribution in [2.24, 2.45) is 0 Å². The smallest absolute Gasteiger partial charge is 0.162 e. The van der Waals surface area contributed by atoms with Crippen LogP contribution < -0.4 is 0 Å². The van der Waals surface area contributed by atoms with E-state index in [0.717, 1.165) is 0 Å². The zero-order valence-corrected chi connectivity index (χ0v) is 9.29. The van der Waals surface area contributed by atoms with Crippen LogP contribution in [-0.4, -0.2) is 16.0 Å². The van der Waals surface area contributed by atoms with Crippen LogP contribution in [0, 0.1) is 0 Å². The van der Waals surface area contributed by atoms with Crippen LogP contribution in [-0.2, 0) is 11.2 Å². The van der Waals surface area contributed by atoms with Gasteiger partial charge in [0.1, 0.15) is 5.75 Å². The maximum Gasteiger partial charge on any atom is 0.162 e. The molecule has 84 valence electrons. The van der Waals surface area contributed by atoms with Gasteiger partial charge in [0.25, 0.3) is 0 Å². The van der Waals surface area contributed by atoms with Gasteiger partial charge in [0.15, 0.2) is 5.78 Å². The summed E-state index contributed by atoms with van der Waals surface area (Å²) >= 11 is 5.80. The molecule has 0 radical (unpaired) electrons. The highest BCUT2D eigenvalue weighted by atomic mass is 35.5. The Morgan fingerprint density at radius 2 is 2.00 bits per heavy atom. The number of aliphatic hydroxyl groups is 1. The number of carbonyl (C=O) groups is 1. The normalized spacial score (nSPS) is 15.9. The molecule has 0 saturated heterocycles. The SMILES string of the molecule is O=C1CCC(O)=C1Cc1cc(Cl)ccc1O. The number of aromatic hydroxyl groups is 1. The maximum atomic E-state index is 11.5. The molecule has 0 unspecified atom stereocenters. The number of Topliss-reactive ketones (excluding diaryl/α,β-unsaturated/α-hetero) is 1. The summed E-state index contributed by atoms with van der Waals surface area (Å²) in [5.41, 5.74) is 0.946. The number of carbonyl (C=O) groups excluding carboxylic acids is 1. The Morgan fingerprint density at radius 1 is 1.25 bits per heavy atom. The fraction of sp³-hybridized carbons (Fsp3) is 0.250. The van der Waals surface area contributed by atoms with E-state index in [4.69, 9.17) is 11.6 Å². The maximum absolute atomic E-state index is 11.5. The van der Waals surface area contributed by atoms with Crippen molar-refractivity contribution in [1.82, 2.24) is 0 Å². The molecule has 0 saturated carbocycles. The minimum atomic E-state index is -0.0584. The van der Waals surface area contributed by atoms with Gasteiger partial charge in [0.2, 0.25) is 0 Å². The first-order valence-electron chi connectivity index (χ1n) is 4.99. The van der Waals surface area contributed by atoms with E-state index in [2.05, 4.69) is 0 Å². The van der Waals surface area contributed by atoms with E-state index in [9.17, 15) is 15.0 Å². The Bertz CT molecular complexity index is 477. The standard InChI is InChI=1S/C12H11ClO3/c13-8-1-2-10(14)7(5-8)6-9-11(15)3-4-12(9)16/h1-2,5,14-15H,3-4,6H2. The van der Waals surface area contributed by atoms with Gasteiger partial charge >= 0.3 is 0 Å². The van der Waals surface area contributed by atoms with Crippen molar-refractivity contribution in [3.63, 3.8) is 0 Å². The van der Waals surface area contributed by atoms with Gasteiger partial charge < -0.3 is 10.2 Å². The number of hydrogen-bond acceptors (Lipinski definition) is 3. The summed E-state index contributed by atoms with van der Waals surface area (Å²) in [5, 5.41) is 19.6. The molecule has 0 atom stereocenters. The molecule has 1 aliphatic carbocycles. The summed E-state index contributed by atoms with van der Waals surface area (Å²) < 4.78 is 0. The molecule has 0 fully saturated rings. The third kappa shape index (κ3) is 2.04. The summed E-state index contributed by atoms with van der Waals surface area (Å²) in [6.07, 6.45) is 0.981. The number of benzene rings is 1. The van der Waals surface area contributed by atoms with Gasteiger partial charge in [-0.25, -0.2) is 0 Å². The number of allylic oxidation sites excluding steroid dienone is 2. The number of hydrogen-bond donors (Lipinski definition) is 2. The summed E-state index contributed by atoms with van der Waals surface area (Å²) in [5.74, 6) is 0.158. The molecule has 16 heavy (non-hydrogen) atoms. The average molecular weight is 239 g/mol.